The largest absolute Gasteiger partial charge is 0.330 e. The molecule has 0 aromatic rings. The third-order valence-electron chi connectivity index (χ3n) is 3.36. The zero-order valence-corrected chi connectivity index (χ0v) is 12.5. The zero-order chi connectivity index (χ0) is 12.6. The fourth-order valence-electron chi connectivity index (χ4n) is 2.20. The average Bonchev–Trinajstić information content (AvgIpc) is 2.35. The summed E-state index contributed by atoms with van der Waals surface area (Å²) in [6, 6.07) is 0. The van der Waals surface area contributed by atoms with Crippen molar-refractivity contribution in [2.45, 2.75) is 83.5 Å². The van der Waals surface area contributed by atoms with Crippen LogP contribution in [0.25, 0.3) is 0 Å². The fourth-order valence-corrected chi connectivity index (χ4v) is 2.42. The molecule has 0 spiro atoms. The minimum Gasteiger partial charge on any atom is -0.330 e. The minimum absolute atomic E-state index is 0.868. The summed E-state index contributed by atoms with van der Waals surface area (Å²) in [5.74, 6) is 1.06. The molecule has 104 valence electrons. The Morgan fingerprint density at radius 2 is 0.765 bits per heavy atom. The second-order valence-electron chi connectivity index (χ2n) is 5.11. The lowest BCUT2D eigenvalue weighted by molar-refractivity contribution is 0.541. The summed E-state index contributed by atoms with van der Waals surface area (Å²) in [5.41, 5.74) is 5.46. The Kier molecular flexibility index (Phi) is 16.6. The van der Waals surface area contributed by atoms with Gasteiger partial charge in [0.25, 0.3) is 0 Å². The first kappa shape index (κ1) is 17.3. The molecule has 0 aliphatic carbocycles. The van der Waals surface area contributed by atoms with Crippen molar-refractivity contribution in [1.82, 2.24) is 0 Å². The van der Waals surface area contributed by atoms with E-state index in [2.05, 4.69) is 12.6 Å². The third kappa shape index (κ3) is 16.3. The maximum Gasteiger partial charge on any atom is -0.00773 e. The predicted octanol–water partition coefficient (Wildman–Crippen LogP) is 4.95. The van der Waals surface area contributed by atoms with E-state index in [-0.39, 0.29) is 0 Å². The van der Waals surface area contributed by atoms with Gasteiger partial charge in [0.15, 0.2) is 0 Å². The van der Waals surface area contributed by atoms with Crippen LogP contribution in [0.4, 0.5) is 0 Å². The predicted molar refractivity (Wildman–Crippen MR) is 82.9 cm³/mol. The lowest BCUT2D eigenvalue weighted by Gasteiger charge is -2.02. The Hall–Kier alpha value is 0.310. The van der Waals surface area contributed by atoms with E-state index in [0.29, 0.717) is 0 Å². The molecule has 2 heteroatoms. The van der Waals surface area contributed by atoms with Crippen LogP contribution in [-0.4, -0.2) is 12.3 Å². The fraction of sp³-hybridized carbons (Fsp3) is 1.00. The first-order chi connectivity index (χ1) is 8.41. The highest BCUT2D eigenvalue weighted by Crippen LogP contribution is 2.12. The van der Waals surface area contributed by atoms with E-state index in [1.54, 1.807) is 0 Å². The molecule has 2 N–H and O–H groups in total. The van der Waals surface area contributed by atoms with Gasteiger partial charge in [-0.05, 0) is 25.1 Å². The van der Waals surface area contributed by atoms with Gasteiger partial charge in [0.2, 0.25) is 0 Å². The highest BCUT2D eigenvalue weighted by molar-refractivity contribution is 7.80. The van der Waals surface area contributed by atoms with Gasteiger partial charge in [-0.1, -0.05) is 70.6 Å². The Morgan fingerprint density at radius 3 is 1.06 bits per heavy atom. The van der Waals surface area contributed by atoms with Gasteiger partial charge in [0, 0.05) is 0 Å². The lowest BCUT2D eigenvalue weighted by atomic mass is 10.0. The van der Waals surface area contributed by atoms with Crippen LogP contribution >= 0.6 is 12.6 Å². The number of unbranched alkanes of at least 4 members (excludes halogenated alkanes) is 12. The van der Waals surface area contributed by atoms with E-state index in [0.717, 1.165) is 12.3 Å². The van der Waals surface area contributed by atoms with Gasteiger partial charge in [-0.3, -0.25) is 0 Å². The molecule has 0 heterocycles. The van der Waals surface area contributed by atoms with Crippen molar-refractivity contribution in [2.24, 2.45) is 5.73 Å². The van der Waals surface area contributed by atoms with Crippen LogP contribution in [0.5, 0.6) is 0 Å². The summed E-state index contributed by atoms with van der Waals surface area (Å²) in [5, 5.41) is 0. The summed E-state index contributed by atoms with van der Waals surface area (Å²) in [6.45, 7) is 0.868. The number of hydrogen-bond acceptors (Lipinski definition) is 2. The molecule has 0 fully saturated rings. The first-order valence-electron chi connectivity index (χ1n) is 7.72. The topological polar surface area (TPSA) is 26.0 Å². The van der Waals surface area contributed by atoms with Crippen LogP contribution in [0.3, 0.4) is 0 Å². The van der Waals surface area contributed by atoms with Crippen LogP contribution in [0, 0.1) is 0 Å². The molecule has 0 aliphatic heterocycles. The molecule has 0 radical (unpaired) electrons. The van der Waals surface area contributed by atoms with E-state index >= 15 is 0 Å². The zero-order valence-electron chi connectivity index (χ0n) is 11.6. The molecule has 0 saturated carbocycles. The van der Waals surface area contributed by atoms with E-state index in [9.17, 15) is 0 Å². The molecule has 0 saturated heterocycles. The molecule has 0 rings (SSSR count). The van der Waals surface area contributed by atoms with E-state index < -0.39 is 0 Å². The Morgan fingerprint density at radius 1 is 0.471 bits per heavy atom. The normalized spacial score (nSPS) is 10.9. The van der Waals surface area contributed by atoms with Gasteiger partial charge in [0.05, 0.1) is 0 Å². The standard InChI is InChI=1S/C15H33NS/c16-14-12-10-8-6-4-2-1-3-5-7-9-11-13-15-17/h17H,1-16H2. The molecule has 0 bridgehead atoms. The van der Waals surface area contributed by atoms with Crippen LogP contribution < -0.4 is 5.73 Å². The van der Waals surface area contributed by atoms with Gasteiger partial charge in [-0.25, -0.2) is 0 Å². The summed E-state index contributed by atoms with van der Waals surface area (Å²) in [4.78, 5) is 0. The number of nitrogens with two attached hydrogens (primary N) is 1. The van der Waals surface area contributed by atoms with Gasteiger partial charge in [-0.15, -0.1) is 0 Å². The second kappa shape index (κ2) is 16.3. The van der Waals surface area contributed by atoms with Crippen molar-refractivity contribution in [2.75, 3.05) is 12.3 Å². The van der Waals surface area contributed by atoms with E-state index in [1.807, 2.05) is 0 Å². The highest BCUT2D eigenvalue weighted by Gasteiger charge is 1.93. The first-order valence-corrected chi connectivity index (χ1v) is 8.36. The van der Waals surface area contributed by atoms with Crippen molar-refractivity contribution < 1.29 is 0 Å². The SMILES string of the molecule is NCCCCCCCCCCCCCCCS. The van der Waals surface area contributed by atoms with Crippen molar-refractivity contribution >= 4 is 12.6 Å². The molecule has 1 nitrogen and oxygen atoms in total. The molecule has 0 aromatic carbocycles. The average molecular weight is 260 g/mol. The quantitative estimate of drug-likeness (QED) is 0.335. The molecule has 0 atom stereocenters. The second-order valence-corrected chi connectivity index (χ2v) is 5.56. The van der Waals surface area contributed by atoms with E-state index in [4.69, 9.17) is 5.73 Å². The van der Waals surface area contributed by atoms with Crippen LogP contribution in [0.2, 0.25) is 0 Å². The third-order valence-corrected chi connectivity index (χ3v) is 3.68. The summed E-state index contributed by atoms with van der Waals surface area (Å²) in [6.07, 6.45) is 18.1. The number of hydrogen-bond donors (Lipinski definition) is 2. The maximum absolute atomic E-state index is 5.46. The molecular weight excluding hydrogens is 226 g/mol. The summed E-state index contributed by atoms with van der Waals surface area (Å²) >= 11 is 4.23. The Labute approximate surface area is 114 Å². The van der Waals surface area contributed by atoms with E-state index in [1.165, 1.54) is 83.5 Å². The van der Waals surface area contributed by atoms with Gasteiger partial charge in [0.1, 0.15) is 0 Å². The monoisotopic (exact) mass is 259 g/mol. The van der Waals surface area contributed by atoms with Gasteiger partial charge < -0.3 is 5.73 Å². The molecule has 0 aromatic heterocycles. The Bertz CT molecular complexity index is 114. The van der Waals surface area contributed by atoms with Crippen molar-refractivity contribution in [3.63, 3.8) is 0 Å². The van der Waals surface area contributed by atoms with Crippen LogP contribution in [0.1, 0.15) is 83.5 Å². The molecule has 0 amide bonds. The van der Waals surface area contributed by atoms with Crippen LogP contribution in [0.15, 0.2) is 0 Å². The molecule has 0 unspecified atom stereocenters. The Balaban J connectivity index is 2.85. The number of rotatable bonds is 14. The minimum atomic E-state index is 0.868. The van der Waals surface area contributed by atoms with Crippen molar-refractivity contribution in [3.8, 4) is 0 Å². The smallest absolute Gasteiger partial charge is 0.00773 e. The molecule has 0 aliphatic rings. The maximum atomic E-state index is 5.46. The number of thiol groups is 1. The summed E-state index contributed by atoms with van der Waals surface area (Å²) < 4.78 is 0. The van der Waals surface area contributed by atoms with Gasteiger partial charge in [-0.2, -0.15) is 12.6 Å². The van der Waals surface area contributed by atoms with Crippen LogP contribution in [-0.2, 0) is 0 Å². The van der Waals surface area contributed by atoms with Crippen molar-refractivity contribution in [1.29, 1.82) is 0 Å². The highest BCUT2D eigenvalue weighted by atomic mass is 32.1. The molecular formula is C15H33NS. The lowest BCUT2D eigenvalue weighted by Crippen LogP contribution is -1.97. The molecule has 17 heavy (non-hydrogen) atoms. The van der Waals surface area contributed by atoms with Gasteiger partial charge >= 0.3 is 0 Å². The van der Waals surface area contributed by atoms with Crippen molar-refractivity contribution in [3.05, 3.63) is 0 Å². The summed E-state index contributed by atoms with van der Waals surface area (Å²) in [7, 11) is 0.